The number of anilines is 3. The average molecular weight is 354 g/mol. The summed E-state index contributed by atoms with van der Waals surface area (Å²) in [5.41, 5.74) is 3.15. The van der Waals surface area contributed by atoms with Crippen molar-refractivity contribution in [3.05, 3.63) is 52.3 Å². The van der Waals surface area contributed by atoms with Gasteiger partial charge < -0.3 is 5.32 Å². The standard InChI is InChI=1S/C17H18N6OS/c1-4-14-22-23-17(25-14)21-15(24)12-5-7-13(8-6-12)20-16-18-10(2)9-11(3)19-16/h5-9H,4H2,1-3H3,(H,18,19,20)(H,21,23,24). The van der Waals surface area contributed by atoms with Gasteiger partial charge in [0.2, 0.25) is 11.1 Å². The highest BCUT2D eigenvalue weighted by atomic mass is 32.1. The second-order valence-electron chi connectivity index (χ2n) is 5.49. The van der Waals surface area contributed by atoms with Crippen molar-refractivity contribution in [2.45, 2.75) is 27.2 Å². The first kappa shape index (κ1) is 17.0. The number of carbonyl (C=O) groups excluding carboxylic acids is 1. The lowest BCUT2D eigenvalue weighted by atomic mass is 10.2. The molecule has 3 rings (SSSR count). The van der Waals surface area contributed by atoms with Crippen molar-refractivity contribution in [2.24, 2.45) is 0 Å². The maximum atomic E-state index is 12.3. The van der Waals surface area contributed by atoms with Gasteiger partial charge in [-0.3, -0.25) is 10.1 Å². The van der Waals surface area contributed by atoms with Crippen LogP contribution in [0.1, 0.15) is 33.7 Å². The maximum absolute atomic E-state index is 12.3. The Labute approximate surface area is 149 Å². The summed E-state index contributed by atoms with van der Waals surface area (Å²) >= 11 is 1.38. The molecule has 2 aromatic heterocycles. The monoisotopic (exact) mass is 354 g/mol. The summed E-state index contributed by atoms with van der Waals surface area (Å²) in [6, 6.07) is 9.02. The van der Waals surface area contributed by atoms with Crippen LogP contribution in [0.15, 0.2) is 30.3 Å². The lowest BCUT2D eigenvalue weighted by Crippen LogP contribution is -2.11. The predicted octanol–water partition coefficient (Wildman–Crippen LogP) is 3.50. The Morgan fingerprint density at radius 3 is 2.36 bits per heavy atom. The topological polar surface area (TPSA) is 92.7 Å². The molecule has 1 aromatic carbocycles. The zero-order chi connectivity index (χ0) is 17.8. The Bertz CT molecular complexity index is 870. The number of rotatable bonds is 5. The number of nitrogens with one attached hydrogen (secondary N) is 2. The lowest BCUT2D eigenvalue weighted by molar-refractivity contribution is 0.102. The van der Waals surface area contributed by atoms with Gasteiger partial charge in [-0.2, -0.15) is 0 Å². The van der Waals surface area contributed by atoms with Gasteiger partial charge >= 0.3 is 0 Å². The molecule has 2 heterocycles. The zero-order valence-corrected chi connectivity index (χ0v) is 15.0. The van der Waals surface area contributed by atoms with Gasteiger partial charge in [0, 0.05) is 22.6 Å². The summed E-state index contributed by atoms with van der Waals surface area (Å²) in [5, 5.41) is 15.2. The maximum Gasteiger partial charge on any atom is 0.257 e. The van der Waals surface area contributed by atoms with Crippen molar-refractivity contribution < 1.29 is 4.79 Å². The average Bonchev–Trinajstić information content (AvgIpc) is 3.02. The molecule has 0 aliphatic heterocycles. The number of hydrogen-bond acceptors (Lipinski definition) is 7. The van der Waals surface area contributed by atoms with Crippen LogP contribution in [-0.4, -0.2) is 26.1 Å². The number of hydrogen-bond donors (Lipinski definition) is 2. The molecule has 0 unspecified atom stereocenters. The predicted molar refractivity (Wildman–Crippen MR) is 98.5 cm³/mol. The van der Waals surface area contributed by atoms with Crippen LogP contribution in [0.4, 0.5) is 16.8 Å². The van der Waals surface area contributed by atoms with E-state index in [9.17, 15) is 4.79 Å². The molecule has 0 aliphatic carbocycles. The summed E-state index contributed by atoms with van der Waals surface area (Å²) < 4.78 is 0. The molecule has 0 radical (unpaired) electrons. The first-order valence-electron chi connectivity index (χ1n) is 7.86. The van der Waals surface area contributed by atoms with Crippen LogP contribution in [0.2, 0.25) is 0 Å². The van der Waals surface area contributed by atoms with Gasteiger partial charge in [0.25, 0.3) is 5.91 Å². The van der Waals surface area contributed by atoms with E-state index in [-0.39, 0.29) is 5.91 Å². The van der Waals surface area contributed by atoms with E-state index in [1.54, 1.807) is 12.1 Å². The van der Waals surface area contributed by atoms with Crippen molar-refractivity contribution in [3.8, 4) is 0 Å². The van der Waals surface area contributed by atoms with Crippen LogP contribution in [0.3, 0.4) is 0 Å². The highest BCUT2D eigenvalue weighted by Gasteiger charge is 2.10. The number of aryl methyl sites for hydroxylation is 3. The minimum absolute atomic E-state index is 0.215. The fourth-order valence-electron chi connectivity index (χ4n) is 2.23. The fraction of sp³-hybridized carbons (Fsp3) is 0.235. The van der Waals surface area contributed by atoms with E-state index in [0.29, 0.717) is 16.6 Å². The Balaban J connectivity index is 1.67. The molecule has 0 atom stereocenters. The molecule has 3 aromatic rings. The summed E-state index contributed by atoms with van der Waals surface area (Å²) in [7, 11) is 0. The molecule has 0 saturated carbocycles. The Kier molecular flexibility index (Phi) is 4.99. The molecule has 0 spiro atoms. The van der Waals surface area contributed by atoms with E-state index >= 15 is 0 Å². The summed E-state index contributed by atoms with van der Waals surface area (Å²) in [5.74, 6) is 0.323. The zero-order valence-electron chi connectivity index (χ0n) is 14.2. The number of amides is 1. The van der Waals surface area contributed by atoms with Gasteiger partial charge in [-0.25, -0.2) is 9.97 Å². The molecule has 8 heteroatoms. The van der Waals surface area contributed by atoms with Gasteiger partial charge in [-0.15, -0.1) is 10.2 Å². The van der Waals surface area contributed by atoms with Crippen LogP contribution in [0.25, 0.3) is 0 Å². The molecule has 0 fully saturated rings. The first-order chi connectivity index (χ1) is 12.0. The highest BCUT2D eigenvalue weighted by molar-refractivity contribution is 7.15. The highest BCUT2D eigenvalue weighted by Crippen LogP contribution is 2.18. The van der Waals surface area contributed by atoms with Crippen LogP contribution in [0, 0.1) is 13.8 Å². The van der Waals surface area contributed by atoms with Gasteiger partial charge in [-0.1, -0.05) is 18.3 Å². The smallest absolute Gasteiger partial charge is 0.257 e. The van der Waals surface area contributed by atoms with E-state index in [1.807, 2.05) is 39.0 Å². The normalized spacial score (nSPS) is 10.5. The largest absolute Gasteiger partial charge is 0.324 e. The molecular formula is C17H18N6OS. The fourth-order valence-corrected chi connectivity index (χ4v) is 2.91. The SMILES string of the molecule is CCc1nnc(NC(=O)c2ccc(Nc3nc(C)cc(C)n3)cc2)s1. The Morgan fingerprint density at radius 2 is 1.76 bits per heavy atom. The van der Waals surface area contributed by atoms with Gasteiger partial charge in [0.05, 0.1) is 0 Å². The van der Waals surface area contributed by atoms with Gasteiger partial charge in [-0.05, 0) is 50.6 Å². The molecule has 0 aliphatic rings. The van der Waals surface area contributed by atoms with Crippen molar-refractivity contribution in [1.82, 2.24) is 20.2 Å². The van der Waals surface area contributed by atoms with E-state index in [2.05, 4.69) is 30.8 Å². The molecular weight excluding hydrogens is 336 g/mol. The lowest BCUT2D eigenvalue weighted by Gasteiger charge is -2.07. The van der Waals surface area contributed by atoms with E-state index in [1.165, 1.54) is 11.3 Å². The number of benzene rings is 1. The molecule has 0 saturated heterocycles. The minimum Gasteiger partial charge on any atom is -0.324 e. The van der Waals surface area contributed by atoms with Crippen molar-refractivity contribution in [1.29, 1.82) is 0 Å². The summed E-state index contributed by atoms with van der Waals surface area (Å²) in [6.07, 6.45) is 0.800. The third-order valence-electron chi connectivity index (χ3n) is 3.38. The molecule has 128 valence electrons. The van der Waals surface area contributed by atoms with E-state index in [0.717, 1.165) is 28.5 Å². The Morgan fingerprint density at radius 1 is 1.08 bits per heavy atom. The van der Waals surface area contributed by atoms with Gasteiger partial charge in [0.1, 0.15) is 5.01 Å². The second kappa shape index (κ2) is 7.35. The molecule has 7 nitrogen and oxygen atoms in total. The molecule has 2 N–H and O–H groups in total. The Hall–Kier alpha value is -2.87. The summed E-state index contributed by atoms with van der Waals surface area (Å²) in [6.45, 7) is 5.84. The number of nitrogens with zero attached hydrogens (tertiary/aromatic N) is 4. The van der Waals surface area contributed by atoms with E-state index in [4.69, 9.17) is 0 Å². The molecule has 25 heavy (non-hydrogen) atoms. The second-order valence-corrected chi connectivity index (χ2v) is 6.55. The summed E-state index contributed by atoms with van der Waals surface area (Å²) in [4.78, 5) is 20.9. The van der Waals surface area contributed by atoms with Crippen LogP contribution in [-0.2, 0) is 6.42 Å². The first-order valence-corrected chi connectivity index (χ1v) is 8.68. The minimum atomic E-state index is -0.215. The third-order valence-corrected chi connectivity index (χ3v) is 4.36. The van der Waals surface area contributed by atoms with E-state index < -0.39 is 0 Å². The quantitative estimate of drug-likeness (QED) is 0.728. The van der Waals surface area contributed by atoms with Crippen LogP contribution < -0.4 is 10.6 Å². The van der Waals surface area contributed by atoms with Crippen molar-refractivity contribution >= 4 is 34.0 Å². The van der Waals surface area contributed by atoms with Crippen molar-refractivity contribution in [2.75, 3.05) is 10.6 Å². The number of carbonyl (C=O) groups is 1. The van der Waals surface area contributed by atoms with Gasteiger partial charge in [0.15, 0.2) is 0 Å². The van der Waals surface area contributed by atoms with Crippen LogP contribution in [0.5, 0.6) is 0 Å². The number of aromatic nitrogens is 4. The molecule has 0 bridgehead atoms. The van der Waals surface area contributed by atoms with Crippen LogP contribution >= 0.6 is 11.3 Å². The molecule has 1 amide bonds. The van der Waals surface area contributed by atoms with Crippen molar-refractivity contribution in [3.63, 3.8) is 0 Å². The third kappa shape index (κ3) is 4.36.